The van der Waals surface area contributed by atoms with E-state index >= 15 is 0 Å². The zero-order valence-electron chi connectivity index (χ0n) is 16.0. The molecule has 0 fully saturated rings. The zero-order chi connectivity index (χ0) is 21.4. The molecule has 0 saturated carbocycles. The van der Waals surface area contributed by atoms with E-state index in [1.165, 1.54) is 12.1 Å². The van der Waals surface area contributed by atoms with Crippen molar-refractivity contribution < 1.29 is 21.9 Å². The third-order valence-electron chi connectivity index (χ3n) is 3.97. The number of nitrogens with one attached hydrogen (secondary N) is 2. The average Bonchev–Trinajstić information content (AvgIpc) is 2.65. The molecule has 0 aromatic heterocycles. The van der Waals surface area contributed by atoms with Crippen LogP contribution in [-0.2, 0) is 22.8 Å². The Labute approximate surface area is 173 Å². The highest BCUT2D eigenvalue weighted by Gasteiger charge is 2.11. The molecule has 2 aromatic rings. The molecule has 0 atom stereocenters. The largest absolute Gasteiger partial charge is 0.434 e. The summed E-state index contributed by atoms with van der Waals surface area (Å²) in [6.07, 6.45) is 1.80. The van der Waals surface area contributed by atoms with Crippen LogP contribution >= 0.6 is 11.6 Å². The van der Waals surface area contributed by atoms with Gasteiger partial charge in [-0.2, -0.15) is 8.78 Å². The molecule has 2 aromatic carbocycles. The highest BCUT2D eigenvalue weighted by atomic mass is 35.5. The molecule has 158 valence electrons. The summed E-state index contributed by atoms with van der Waals surface area (Å²) in [6, 6.07) is 11.1. The number of benzene rings is 2. The van der Waals surface area contributed by atoms with Crippen molar-refractivity contribution >= 4 is 27.4 Å². The molecule has 0 spiro atoms. The summed E-state index contributed by atoms with van der Waals surface area (Å²) >= 11 is 5.94. The second-order valence-corrected chi connectivity index (χ2v) is 8.60. The van der Waals surface area contributed by atoms with Gasteiger partial charge < -0.3 is 15.4 Å². The minimum atomic E-state index is -3.22. The van der Waals surface area contributed by atoms with Gasteiger partial charge in [-0.3, -0.25) is 4.99 Å². The van der Waals surface area contributed by atoms with Crippen molar-refractivity contribution in [3.8, 4) is 5.75 Å². The molecular weight excluding hydrogens is 424 g/mol. The minimum Gasteiger partial charge on any atom is -0.434 e. The van der Waals surface area contributed by atoms with E-state index in [0.717, 1.165) is 11.8 Å². The summed E-state index contributed by atoms with van der Waals surface area (Å²) in [6.45, 7) is -2.21. The average molecular weight is 446 g/mol. The molecule has 10 heteroatoms. The molecule has 0 aliphatic rings. The first-order valence-corrected chi connectivity index (χ1v) is 10.9. The summed E-state index contributed by atoms with van der Waals surface area (Å²) in [4.78, 5) is 4.36. The van der Waals surface area contributed by atoms with Crippen LogP contribution in [0, 0.1) is 0 Å². The number of guanidine groups is 1. The van der Waals surface area contributed by atoms with Crippen LogP contribution in [0.25, 0.3) is 0 Å². The molecule has 0 radical (unpaired) electrons. The van der Waals surface area contributed by atoms with Gasteiger partial charge in [-0.05, 0) is 42.3 Å². The van der Waals surface area contributed by atoms with Crippen molar-refractivity contribution in [1.82, 2.24) is 10.6 Å². The van der Waals surface area contributed by atoms with Crippen molar-refractivity contribution in [2.24, 2.45) is 4.99 Å². The van der Waals surface area contributed by atoms with E-state index in [-0.39, 0.29) is 17.2 Å². The summed E-state index contributed by atoms with van der Waals surface area (Å²) in [5.74, 6) is 0.513. The Morgan fingerprint density at radius 1 is 1.17 bits per heavy atom. The van der Waals surface area contributed by atoms with E-state index in [2.05, 4.69) is 20.4 Å². The van der Waals surface area contributed by atoms with Gasteiger partial charge >= 0.3 is 6.61 Å². The Morgan fingerprint density at radius 3 is 2.45 bits per heavy atom. The van der Waals surface area contributed by atoms with Gasteiger partial charge in [-0.1, -0.05) is 23.7 Å². The Hall–Kier alpha value is -2.39. The number of halogens is 3. The molecule has 2 rings (SSSR count). The first-order valence-electron chi connectivity index (χ1n) is 8.66. The highest BCUT2D eigenvalue weighted by Crippen LogP contribution is 2.24. The smallest absolute Gasteiger partial charge is 0.387 e. The van der Waals surface area contributed by atoms with Crippen molar-refractivity contribution in [2.45, 2.75) is 24.5 Å². The first kappa shape index (κ1) is 22.9. The van der Waals surface area contributed by atoms with Crippen LogP contribution in [0.5, 0.6) is 5.75 Å². The van der Waals surface area contributed by atoms with Gasteiger partial charge in [0.05, 0.1) is 4.90 Å². The van der Waals surface area contributed by atoms with Gasteiger partial charge in [-0.25, -0.2) is 8.42 Å². The third-order valence-corrected chi connectivity index (χ3v) is 5.33. The molecule has 0 unspecified atom stereocenters. The lowest BCUT2D eigenvalue weighted by Crippen LogP contribution is -2.38. The van der Waals surface area contributed by atoms with Gasteiger partial charge in [0, 0.05) is 37.0 Å². The molecule has 0 heterocycles. The lowest BCUT2D eigenvalue weighted by molar-refractivity contribution is -0.0504. The van der Waals surface area contributed by atoms with Gasteiger partial charge in [0.1, 0.15) is 5.75 Å². The van der Waals surface area contributed by atoms with Crippen molar-refractivity contribution in [3.05, 3.63) is 58.6 Å². The van der Waals surface area contributed by atoms with E-state index in [0.29, 0.717) is 29.5 Å². The Kier molecular flexibility index (Phi) is 8.21. The molecule has 6 nitrogen and oxygen atoms in total. The fraction of sp³-hybridized carbons (Fsp3) is 0.316. The molecule has 0 aliphatic carbocycles. The van der Waals surface area contributed by atoms with Crippen molar-refractivity contribution in [3.63, 3.8) is 0 Å². The lowest BCUT2D eigenvalue weighted by Gasteiger charge is -2.15. The van der Waals surface area contributed by atoms with Gasteiger partial charge in [-0.15, -0.1) is 0 Å². The summed E-state index contributed by atoms with van der Waals surface area (Å²) in [7, 11) is -1.63. The molecule has 2 N–H and O–H groups in total. The summed E-state index contributed by atoms with van der Waals surface area (Å²) < 4.78 is 52.6. The van der Waals surface area contributed by atoms with E-state index in [1.807, 2.05) is 0 Å². The third kappa shape index (κ3) is 7.51. The SMILES string of the molecule is CN=C(NCCc1ccc(S(C)(=O)=O)cc1)NCc1cc(Cl)ccc1OC(F)F. The van der Waals surface area contributed by atoms with Crippen LogP contribution in [-0.4, -0.2) is 40.8 Å². The van der Waals surface area contributed by atoms with Crippen molar-refractivity contribution in [1.29, 1.82) is 0 Å². The normalized spacial score (nSPS) is 12.1. The maximum atomic E-state index is 12.5. The van der Waals surface area contributed by atoms with Gasteiger partial charge in [0.15, 0.2) is 15.8 Å². The molecule has 29 heavy (non-hydrogen) atoms. The number of rotatable bonds is 8. The maximum absolute atomic E-state index is 12.5. The minimum absolute atomic E-state index is 0.0401. The zero-order valence-corrected chi connectivity index (χ0v) is 17.5. The van der Waals surface area contributed by atoms with E-state index in [9.17, 15) is 17.2 Å². The number of aliphatic imine (C=N–C) groups is 1. The molecule has 0 amide bonds. The van der Waals surface area contributed by atoms with Crippen LogP contribution < -0.4 is 15.4 Å². The predicted molar refractivity (Wildman–Crippen MR) is 110 cm³/mol. The number of hydrogen-bond acceptors (Lipinski definition) is 4. The maximum Gasteiger partial charge on any atom is 0.387 e. The molecule has 0 saturated heterocycles. The topological polar surface area (TPSA) is 79.8 Å². The summed E-state index contributed by atoms with van der Waals surface area (Å²) in [5, 5.41) is 6.53. The van der Waals surface area contributed by atoms with Crippen LogP contribution in [0.3, 0.4) is 0 Å². The predicted octanol–water partition coefficient (Wildman–Crippen LogP) is 3.25. The second kappa shape index (κ2) is 10.4. The first-order chi connectivity index (χ1) is 13.7. The van der Waals surface area contributed by atoms with Gasteiger partial charge in [0.2, 0.25) is 0 Å². The Morgan fingerprint density at radius 2 is 1.86 bits per heavy atom. The summed E-state index contributed by atoms with van der Waals surface area (Å²) in [5.41, 5.74) is 1.43. The van der Waals surface area contributed by atoms with Crippen LogP contribution in [0.2, 0.25) is 5.02 Å². The standard InChI is InChI=1S/C19H22ClF2N3O3S/c1-23-19(24-10-9-13-3-6-16(7-4-13)29(2,26)27)25-12-14-11-15(20)5-8-17(14)28-18(21)22/h3-8,11,18H,9-10,12H2,1-2H3,(H2,23,24,25). The second-order valence-electron chi connectivity index (χ2n) is 6.15. The number of hydrogen-bond donors (Lipinski definition) is 2. The number of nitrogens with zero attached hydrogens (tertiary/aromatic N) is 1. The van der Waals surface area contributed by atoms with Crippen LogP contribution in [0.4, 0.5) is 8.78 Å². The van der Waals surface area contributed by atoms with Crippen LogP contribution in [0.15, 0.2) is 52.4 Å². The molecule has 0 aliphatic heterocycles. The highest BCUT2D eigenvalue weighted by molar-refractivity contribution is 7.90. The fourth-order valence-corrected chi connectivity index (χ4v) is 3.35. The number of sulfone groups is 1. The number of alkyl halides is 2. The van der Waals surface area contributed by atoms with Gasteiger partial charge in [0.25, 0.3) is 0 Å². The van der Waals surface area contributed by atoms with E-state index < -0.39 is 16.4 Å². The quantitative estimate of drug-likeness (QED) is 0.481. The van der Waals surface area contributed by atoms with Crippen molar-refractivity contribution in [2.75, 3.05) is 19.8 Å². The fourth-order valence-electron chi connectivity index (χ4n) is 2.53. The number of ether oxygens (including phenoxy) is 1. The van der Waals surface area contributed by atoms with Crippen LogP contribution in [0.1, 0.15) is 11.1 Å². The molecular formula is C19H22ClF2N3O3S. The monoisotopic (exact) mass is 445 g/mol. The lowest BCUT2D eigenvalue weighted by atomic mass is 10.1. The Balaban J connectivity index is 1.89. The van der Waals surface area contributed by atoms with E-state index in [1.54, 1.807) is 37.4 Å². The Bertz CT molecular complexity index is 952. The van der Waals surface area contributed by atoms with E-state index in [4.69, 9.17) is 11.6 Å². The molecule has 0 bridgehead atoms.